The van der Waals surface area contributed by atoms with Crippen LogP contribution in [0.2, 0.25) is 0 Å². The molecule has 0 saturated heterocycles. The van der Waals surface area contributed by atoms with Crippen LogP contribution in [0.1, 0.15) is 0 Å². The number of nitrogens with zero attached hydrogens (tertiary/aromatic N) is 3. The van der Waals surface area contributed by atoms with Crippen molar-refractivity contribution >= 4 is 17.4 Å². The van der Waals surface area contributed by atoms with E-state index in [9.17, 15) is 4.79 Å². The minimum Gasteiger partial charge on any atom is -0.466 e. The summed E-state index contributed by atoms with van der Waals surface area (Å²) in [5, 5.41) is 3.65. The molecular formula is C10H10N4O3S. The number of hydrogen-bond donors (Lipinski definition) is 1. The van der Waals surface area contributed by atoms with Crippen molar-refractivity contribution in [2.75, 3.05) is 13.0 Å². The van der Waals surface area contributed by atoms with E-state index < -0.39 is 5.69 Å². The molecule has 7 nitrogen and oxygen atoms in total. The number of nitrogens with two attached hydrogens (primary N) is 1. The third-order valence-corrected chi connectivity index (χ3v) is 2.34. The van der Waals surface area contributed by atoms with Gasteiger partial charge in [0.05, 0.1) is 7.11 Å². The topological polar surface area (TPSA) is 84.3 Å². The number of benzene rings is 1. The average molecular weight is 266 g/mol. The number of aromatic nitrogens is 3. The van der Waals surface area contributed by atoms with Crippen LogP contribution in [0.5, 0.6) is 11.8 Å². The summed E-state index contributed by atoms with van der Waals surface area (Å²) < 4.78 is 11.7. The van der Waals surface area contributed by atoms with Crippen LogP contribution in [0.15, 0.2) is 35.1 Å². The third kappa shape index (κ3) is 2.18. The van der Waals surface area contributed by atoms with Gasteiger partial charge in [0, 0.05) is 0 Å². The maximum absolute atomic E-state index is 11.7. The number of nitrogen functional groups attached to an aromatic ring is 1. The molecule has 1 aromatic heterocycles. The van der Waals surface area contributed by atoms with Crippen LogP contribution in [-0.2, 0) is 0 Å². The van der Waals surface area contributed by atoms with Crippen LogP contribution in [0.4, 0.5) is 0 Å². The molecule has 2 N–H and O–H groups in total. The van der Waals surface area contributed by atoms with E-state index in [4.69, 9.17) is 27.5 Å². The Morgan fingerprint density at radius 1 is 1.39 bits per heavy atom. The summed E-state index contributed by atoms with van der Waals surface area (Å²) >= 11 is 4.96. The van der Waals surface area contributed by atoms with Crippen LogP contribution in [0.25, 0.3) is 0 Å². The molecule has 0 spiro atoms. The highest BCUT2D eigenvalue weighted by atomic mass is 32.1. The molecule has 2 aromatic rings. The number of hydrogen-bond acceptors (Lipinski definition) is 6. The standard InChI is InChI=1S/C10H10N4O3S/c1-16-8-12-14(9(15)13(8)11)10(18)17-7-5-3-2-4-6-7/h2-6H,11H2,1H3. The zero-order valence-electron chi connectivity index (χ0n) is 9.44. The zero-order valence-corrected chi connectivity index (χ0v) is 10.3. The number of para-hydroxylation sites is 1. The van der Waals surface area contributed by atoms with Crippen molar-refractivity contribution in [3.05, 3.63) is 40.8 Å². The van der Waals surface area contributed by atoms with E-state index in [-0.39, 0.29) is 11.2 Å². The molecule has 0 bridgehead atoms. The number of ether oxygens (including phenoxy) is 2. The highest BCUT2D eigenvalue weighted by molar-refractivity contribution is 7.80. The van der Waals surface area contributed by atoms with Gasteiger partial charge in [0.2, 0.25) is 0 Å². The van der Waals surface area contributed by atoms with Crippen molar-refractivity contribution in [3.8, 4) is 11.8 Å². The fourth-order valence-electron chi connectivity index (χ4n) is 1.25. The Balaban J connectivity index is 2.27. The van der Waals surface area contributed by atoms with Gasteiger partial charge in [0.15, 0.2) is 0 Å². The smallest absolute Gasteiger partial charge is 0.375 e. The molecule has 0 amide bonds. The van der Waals surface area contributed by atoms with Crippen molar-refractivity contribution < 1.29 is 9.47 Å². The predicted molar refractivity (Wildman–Crippen MR) is 68.3 cm³/mol. The van der Waals surface area contributed by atoms with Gasteiger partial charge >= 0.3 is 11.7 Å². The first kappa shape index (κ1) is 12.1. The summed E-state index contributed by atoms with van der Waals surface area (Å²) in [6.45, 7) is 0. The zero-order chi connectivity index (χ0) is 13.1. The van der Waals surface area contributed by atoms with E-state index >= 15 is 0 Å². The molecule has 0 atom stereocenters. The summed E-state index contributed by atoms with van der Waals surface area (Å²) in [5.41, 5.74) is -0.646. The average Bonchev–Trinajstić information content (AvgIpc) is 2.67. The number of rotatable bonds is 2. The lowest BCUT2D eigenvalue weighted by molar-refractivity contribution is 0.366. The summed E-state index contributed by atoms with van der Waals surface area (Å²) in [7, 11) is 1.34. The van der Waals surface area contributed by atoms with E-state index in [0.29, 0.717) is 5.75 Å². The Morgan fingerprint density at radius 3 is 2.61 bits per heavy atom. The summed E-state index contributed by atoms with van der Waals surface area (Å²) in [4.78, 5) is 11.7. The SMILES string of the molecule is COc1nn(C(=S)Oc2ccccc2)c(=O)n1N. The molecule has 0 aliphatic heterocycles. The van der Waals surface area contributed by atoms with Gasteiger partial charge in [-0.05, 0) is 24.4 Å². The lowest BCUT2D eigenvalue weighted by atomic mass is 10.3. The molecule has 0 fully saturated rings. The molecular weight excluding hydrogens is 256 g/mol. The third-order valence-electron chi connectivity index (χ3n) is 2.08. The van der Waals surface area contributed by atoms with E-state index in [1.165, 1.54) is 7.11 Å². The van der Waals surface area contributed by atoms with Crippen LogP contribution >= 0.6 is 12.2 Å². The van der Waals surface area contributed by atoms with Crippen LogP contribution in [0.3, 0.4) is 0 Å². The largest absolute Gasteiger partial charge is 0.466 e. The van der Waals surface area contributed by atoms with Gasteiger partial charge in [-0.3, -0.25) is 0 Å². The second-order valence-corrected chi connectivity index (χ2v) is 3.58. The van der Waals surface area contributed by atoms with Gasteiger partial charge < -0.3 is 15.3 Å². The molecule has 0 radical (unpaired) electrons. The highest BCUT2D eigenvalue weighted by Crippen LogP contribution is 2.09. The molecule has 94 valence electrons. The lowest BCUT2D eigenvalue weighted by Crippen LogP contribution is -2.34. The Morgan fingerprint density at radius 2 is 2.06 bits per heavy atom. The van der Waals surface area contributed by atoms with Gasteiger partial charge in [0.1, 0.15) is 5.75 Å². The first-order valence-electron chi connectivity index (χ1n) is 4.92. The minimum absolute atomic E-state index is 0.0565. The maximum Gasteiger partial charge on any atom is 0.375 e. The molecule has 1 heterocycles. The summed E-state index contributed by atoms with van der Waals surface area (Å²) in [5.74, 6) is 5.93. The fraction of sp³-hybridized carbons (Fsp3) is 0.100. The second-order valence-electron chi connectivity index (χ2n) is 3.23. The number of thiocarbonyl (C=S) groups is 1. The molecule has 1 aromatic carbocycles. The van der Waals surface area contributed by atoms with Gasteiger partial charge in [-0.2, -0.15) is 4.68 Å². The van der Waals surface area contributed by atoms with Crippen molar-refractivity contribution in [2.24, 2.45) is 0 Å². The van der Waals surface area contributed by atoms with Gasteiger partial charge in [-0.25, -0.2) is 4.79 Å². The minimum atomic E-state index is -0.646. The van der Waals surface area contributed by atoms with Gasteiger partial charge in [0.25, 0.3) is 5.17 Å². The Hall–Kier alpha value is -2.35. The Labute approximate surface area is 107 Å². The maximum atomic E-state index is 11.7. The van der Waals surface area contributed by atoms with E-state index in [1.54, 1.807) is 24.3 Å². The predicted octanol–water partition coefficient (Wildman–Crippen LogP) is -0.0208. The molecule has 8 heteroatoms. The summed E-state index contributed by atoms with van der Waals surface area (Å²) in [6.07, 6.45) is 0. The van der Waals surface area contributed by atoms with Crippen molar-refractivity contribution in [2.45, 2.75) is 0 Å². The van der Waals surface area contributed by atoms with Crippen LogP contribution in [0, 0.1) is 0 Å². The molecule has 0 aliphatic carbocycles. The van der Waals surface area contributed by atoms with Crippen molar-refractivity contribution in [3.63, 3.8) is 0 Å². The van der Waals surface area contributed by atoms with E-state index in [1.807, 2.05) is 6.07 Å². The molecule has 0 unspecified atom stereocenters. The molecule has 0 aliphatic rings. The summed E-state index contributed by atoms with van der Waals surface area (Å²) in [6, 6.07) is 8.74. The monoisotopic (exact) mass is 266 g/mol. The van der Waals surface area contributed by atoms with Gasteiger partial charge in [-0.1, -0.05) is 18.2 Å². The van der Waals surface area contributed by atoms with Crippen LogP contribution in [-0.4, -0.2) is 26.7 Å². The fourth-order valence-corrected chi connectivity index (χ4v) is 1.47. The van der Waals surface area contributed by atoms with Crippen molar-refractivity contribution in [1.29, 1.82) is 0 Å². The van der Waals surface area contributed by atoms with Crippen molar-refractivity contribution in [1.82, 2.24) is 14.5 Å². The molecule has 0 saturated carbocycles. The normalized spacial score (nSPS) is 10.1. The van der Waals surface area contributed by atoms with E-state index in [2.05, 4.69) is 5.10 Å². The number of methoxy groups -OCH3 is 1. The molecule has 2 rings (SSSR count). The Kier molecular flexibility index (Phi) is 3.28. The second kappa shape index (κ2) is 4.88. The van der Waals surface area contributed by atoms with Crippen LogP contribution < -0.4 is 21.0 Å². The van der Waals surface area contributed by atoms with Gasteiger partial charge in [-0.15, -0.1) is 9.78 Å². The molecule has 18 heavy (non-hydrogen) atoms. The first-order chi connectivity index (χ1) is 8.63. The Bertz CT molecular complexity index is 620. The quantitative estimate of drug-likeness (QED) is 0.607. The highest BCUT2D eigenvalue weighted by Gasteiger charge is 2.15. The first-order valence-corrected chi connectivity index (χ1v) is 5.32. The lowest BCUT2D eigenvalue weighted by Gasteiger charge is -2.04. The van der Waals surface area contributed by atoms with E-state index in [0.717, 1.165) is 9.36 Å².